The number of nitrogens with zero attached hydrogens (tertiary/aromatic N) is 2. The first kappa shape index (κ1) is 14.6. The van der Waals surface area contributed by atoms with Gasteiger partial charge in [-0.1, -0.05) is 30.3 Å². The molecule has 4 atom stereocenters. The van der Waals surface area contributed by atoms with Gasteiger partial charge in [0.2, 0.25) is 0 Å². The summed E-state index contributed by atoms with van der Waals surface area (Å²) in [6, 6.07) is 13.8. The Labute approximate surface area is 127 Å². The van der Waals surface area contributed by atoms with E-state index in [1.807, 2.05) is 0 Å². The predicted octanol–water partition coefficient (Wildman–Crippen LogP) is 2.92. The second kappa shape index (κ2) is 6.60. The van der Waals surface area contributed by atoms with Crippen molar-refractivity contribution in [2.24, 2.45) is 5.92 Å². The van der Waals surface area contributed by atoms with E-state index in [9.17, 15) is 10.4 Å². The summed E-state index contributed by atoms with van der Waals surface area (Å²) in [5.74, 6) is 0.679. The minimum absolute atomic E-state index is 0.122. The summed E-state index contributed by atoms with van der Waals surface area (Å²) in [6.45, 7) is 1.26. The fourth-order valence-electron chi connectivity index (χ4n) is 4.18. The quantitative estimate of drug-likeness (QED) is 0.928. The van der Waals surface area contributed by atoms with Crippen LogP contribution in [0, 0.1) is 17.2 Å². The molecule has 4 unspecified atom stereocenters. The third kappa shape index (κ3) is 2.97. The van der Waals surface area contributed by atoms with Crippen LogP contribution in [0.2, 0.25) is 0 Å². The molecule has 1 heterocycles. The van der Waals surface area contributed by atoms with Gasteiger partial charge in [-0.15, -0.1) is 0 Å². The van der Waals surface area contributed by atoms with Crippen LogP contribution in [0.1, 0.15) is 43.6 Å². The molecule has 3 heteroatoms. The van der Waals surface area contributed by atoms with Gasteiger partial charge in [0.15, 0.2) is 0 Å². The summed E-state index contributed by atoms with van der Waals surface area (Å²) in [4.78, 5) is 2.42. The SMILES string of the molecule is N#CC1CCC(c2ccccc2)CC1N1CCCC1CO. The van der Waals surface area contributed by atoms with Crippen LogP contribution in [0.4, 0.5) is 0 Å². The first-order valence-corrected chi connectivity index (χ1v) is 8.14. The highest BCUT2D eigenvalue weighted by Gasteiger charge is 2.39. The van der Waals surface area contributed by atoms with Crippen LogP contribution in [0.3, 0.4) is 0 Å². The standard InChI is InChI=1S/C18H24N2O/c19-12-16-9-8-15(14-5-2-1-3-6-14)11-18(16)20-10-4-7-17(20)13-21/h1-3,5-6,15-18,21H,4,7-11,13H2. The monoisotopic (exact) mass is 284 g/mol. The molecule has 1 aliphatic carbocycles. The van der Waals surface area contributed by atoms with E-state index in [1.165, 1.54) is 5.56 Å². The van der Waals surface area contributed by atoms with Crippen molar-refractivity contribution in [2.75, 3.05) is 13.2 Å². The molecule has 0 aromatic heterocycles. The van der Waals surface area contributed by atoms with E-state index in [1.54, 1.807) is 0 Å². The second-order valence-electron chi connectivity index (χ2n) is 6.44. The van der Waals surface area contributed by atoms with E-state index in [0.29, 0.717) is 12.0 Å². The minimum atomic E-state index is 0.122. The van der Waals surface area contributed by atoms with Crippen molar-refractivity contribution in [1.29, 1.82) is 5.26 Å². The highest BCUT2D eigenvalue weighted by atomic mass is 16.3. The van der Waals surface area contributed by atoms with Crippen molar-refractivity contribution in [1.82, 2.24) is 4.90 Å². The lowest BCUT2D eigenvalue weighted by Gasteiger charge is -2.41. The molecule has 0 radical (unpaired) electrons. The van der Waals surface area contributed by atoms with E-state index >= 15 is 0 Å². The third-order valence-corrected chi connectivity index (χ3v) is 5.31. The van der Waals surface area contributed by atoms with Crippen LogP contribution in [0.5, 0.6) is 0 Å². The van der Waals surface area contributed by atoms with Crippen molar-refractivity contribution in [2.45, 2.75) is 50.1 Å². The van der Waals surface area contributed by atoms with E-state index in [0.717, 1.165) is 38.6 Å². The van der Waals surface area contributed by atoms with Gasteiger partial charge >= 0.3 is 0 Å². The fourth-order valence-corrected chi connectivity index (χ4v) is 4.18. The summed E-state index contributed by atoms with van der Waals surface area (Å²) < 4.78 is 0. The Balaban J connectivity index is 1.78. The van der Waals surface area contributed by atoms with Crippen LogP contribution < -0.4 is 0 Å². The molecule has 3 rings (SSSR count). The molecule has 0 spiro atoms. The number of nitriles is 1. The summed E-state index contributed by atoms with van der Waals surface area (Å²) in [5.41, 5.74) is 1.40. The molecule has 1 aliphatic heterocycles. The Morgan fingerprint density at radius 3 is 2.71 bits per heavy atom. The number of hydrogen-bond acceptors (Lipinski definition) is 3. The highest BCUT2D eigenvalue weighted by Crippen LogP contribution is 2.40. The zero-order valence-electron chi connectivity index (χ0n) is 12.5. The number of likely N-dealkylation sites (tertiary alicyclic amines) is 1. The molecule has 1 N–H and O–H groups in total. The Morgan fingerprint density at radius 2 is 2.00 bits per heavy atom. The molecule has 112 valence electrons. The van der Waals surface area contributed by atoms with Crippen LogP contribution in [-0.4, -0.2) is 35.2 Å². The van der Waals surface area contributed by atoms with Gasteiger partial charge in [-0.25, -0.2) is 0 Å². The maximum Gasteiger partial charge on any atom is 0.0672 e. The Hall–Kier alpha value is -1.37. The van der Waals surface area contributed by atoms with Crippen molar-refractivity contribution in [3.8, 4) is 6.07 Å². The normalized spacial score (nSPS) is 33.7. The van der Waals surface area contributed by atoms with Gasteiger partial charge in [0.25, 0.3) is 0 Å². The summed E-state index contributed by atoms with van der Waals surface area (Å²) >= 11 is 0. The van der Waals surface area contributed by atoms with E-state index in [-0.39, 0.29) is 18.6 Å². The lowest BCUT2D eigenvalue weighted by molar-refractivity contribution is 0.0736. The molecule has 21 heavy (non-hydrogen) atoms. The topological polar surface area (TPSA) is 47.3 Å². The molecular formula is C18H24N2O. The van der Waals surface area contributed by atoms with E-state index in [2.05, 4.69) is 41.3 Å². The van der Waals surface area contributed by atoms with Crippen LogP contribution in [-0.2, 0) is 0 Å². The van der Waals surface area contributed by atoms with Crippen LogP contribution in [0.15, 0.2) is 30.3 Å². The van der Waals surface area contributed by atoms with Crippen molar-refractivity contribution >= 4 is 0 Å². The van der Waals surface area contributed by atoms with Crippen molar-refractivity contribution < 1.29 is 5.11 Å². The molecule has 0 amide bonds. The highest BCUT2D eigenvalue weighted by molar-refractivity contribution is 5.21. The van der Waals surface area contributed by atoms with Crippen LogP contribution in [0.25, 0.3) is 0 Å². The Kier molecular flexibility index (Phi) is 4.57. The average molecular weight is 284 g/mol. The van der Waals surface area contributed by atoms with Gasteiger partial charge in [-0.2, -0.15) is 5.26 Å². The lowest BCUT2D eigenvalue weighted by Crippen LogP contribution is -2.47. The molecule has 2 fully saturated rings. The van der Waals surface area contributed by atoms with Gasteiger partial charge in [-0.05, 0) is 50.1 Å². The molecule has 3 nitrogen and oxygen atoms in total. The lowest BCUT2D eigenvalue weighted by atomic mass is 9.75. The van der Waals surface area contributed by atoms with Gasteiger partial charge in [-0.3, -0.25) is 4.90 Å². The molecule has 2 aliphatic rings. The maximum absolute atomic E-state index is 9.58. The summed E-state index contributed by atoms with van der Waals surface area (Å²) in [6.07, 6.45) is 5.36. The van der Waals surface area contributed by atoms with Crippen molar-refractivity contribution in [3.63, 3.8) is 0 Å². The maximum atomic E-state index is 9.58. The Morgan fingerprint density at radius 1 is 1.19 bits per heavy atom. The molecule has 1 saturated carbocycles. The summed E-state index contributed by atoms with van der Waals surface area (Å²) in [5, 5.41) is 19.1. The van der Waals surface area contributed by atoms with Crippen LogP contribution >= 0.6 is 0 Å². The molecule has 1 aromatic rings. The largest absolute Gasteiger partial charge is 0.395 e. The number of benzene rings is 1. The predicted molar refractivity (Wildman–Crippen MR) is 82.7 cm³/mol. The van der Waals surface area contributed by atoms with E-state index in [4.69, 9.17) is 0 Å². The fraction of sp³-hybridized carbons (Fsp3) is 0.611. The van der Waals surface area contributed by atoms with Crippen molar-refractivity contribution in [3.05, 3.63) is 35.9 Å². The summed E-state index contributed by atoms with van der Waals surface area (Å²) in [7, 11) is 0. The minimum Gasteiger partial charge on any atom is -0.395 e. The smallest absolute Gasteiger partial charge is 0.0672 e. The first-order chi connectivity index (χ1) is 10.3. The second-order valence-corrected chi connectivity index (χ2v) is 6.44. The van der Waals surface area contributed by atoms with Gasteiger partial charge in [0.05, 0.1) is 18.6 Å². The molecule has 0 bridgehead atoms. The molecule has 1 aromatic carbocycles. The number of rotatable bonds is 3. The Bertz CT molecular complexity index is 496. The zero-order valence-corrected chi connectivity index (χ0v) is 12.5. The van der Waals surface area contributed by atoms with Gasteiger partial charge in [0.1, 0.15) is 0 Å². The number of aliphatic hydroxyl groups excluding tert-OH is 1. The number of aliphatic hydroxyl groups is 1. The van der Waals surface area contributed by atoms with Gasteiger partial charge < -0.3 is 5.11 Å². The third-order valence-electron chi connectivity index (χ3n) is 5.31. The molecular weight excluding hydrogens is 260 g/mol. The first-order valence-electron chi connectivity index (χ1n) is 8.14. The molecule has 1 saturated heterocycles. The van der Waals surface area contributed by atoms with Gasteiger partial charge in [0, 0.05) is 12.1 Å². The number of hydrogen-bond donors (Lipinski definition) is 1. The zero-order chi connectivity index (χ0) is 14.7. The average Bonchev–Trinajstić information content (AvgIpc) is 3.03. The van der Waals surface area contributed by atoms with E-state index < -0.39 is 0 Å².